The number of hydrogen-bond acceptors (Lipinski definition) is 1. The first-order valence-corrected chi connectivity index (χ1v) is 6.40. The Bertz CT molecular complexity index is 555. The molecule has 2 aromatic rings. The summed E-state index contributed by atoms with van der Waals surface area (Å²) in [6, 6.07) is 4.10. The summed E-state index contributed by atoms with van der Waals surface area (Å²) < 4.78 is 2.35. The van der Waals surface area contributed by atoms with E-state index in [1.807, 2.05) is 6.07 Å². The van der Waals surface area contributed by atoms with Crippen LogP contribution in [0.5, 0.6) is 0 Å². The van der Waals surface area contributed by atoms with E-state index in [-0.39, 0.29) is 0 Å². The molecule has 0 saturated heterocycles. The largest absolute Gasteiger partial charge is 0.344 e. The lowest BCUT2D eigenvalue weighted by Crippen LogP contribution is -2.07. The third-order valence-electron chi connectivity index (χ3n) is 3.57. The standard InChI is InChI=1S/C14H19ClN2/c1-9-11(3)17(8-4-7-16)14-10(2)13(15)6-5-12(9)14/h5-6H,4,7-8,16H2,1-3H3. The van der Waals surface area contributed by atoms with E-state index in [4.69, 9.17) is 17.3 Å². The summed E-state index contributed by atoms with van der Waals surface area (Å²) in [6.45, 7) is 8.11. The van der Waals surface area contributed by atoms with Gasteiger partial charge in [0.2, 0.25) is 0 Å². The predicted molar refractivity (Wildman–Crippen MR) is 74.8 cm³/mol. The Morgan fingerprint density at radius 3 is 2.53 bits per heavy atom. The molecule has 1 aromatic carbocycles. The number of nitrogens with zero attached hydrogens (tertiary/aromatic N) is 1. The first kappa shape index (κ1) is 12.5. The molecule has 0 spiro atoms. The van der Waals surface area contributed by atoms with Gasteiger partial charge in [0.25, 0.3) is 0 Å². The third kappa shape index (κ3) is 1.96. The van der Waals surface area contributed by atoms with Gasteiger partial charge in [-0.25, -0.2) is 0 Å². The summed E-state index contributed by atoms with van der Waals surface area (Å²) in [7, 11) is 0. The summed E-state index contributed by atoms with van der Waals surface area (Å²) in [5.74, 6) is 0. The molecule has 17 heavy (non-hydrogen) atoms. The molecule has 1 heterocycles. The smallest absolute Gasteiger partial charge is 0.0529 e. The van der Waals surface area contributed by atoms with Gasteiger partial charge < -0.3 is 10.3 Å². The van der Waals surface area contributed by atoms with Crippen molar-refractivity contribution in [1.82, 2.24) is 4.57 Å². The molecule has 1 aromatic heterocycles. The molecular weight excluding hydrogens is 232 g/mol. The van der Waals surface area contributed by atoms with Gasteiger partial charge in [-0.05, 0) is 50.9 Å². The number of hydrogen-bond donors (Lipinski definition) is 1. The van der Waals surface area contributed by atoms with E-state index < -0.39 is 0 Å². The highest BCUT2D eigenvalue weighted by Gasteiger charge is 2.13. The maximum absolute atomic E-state index is 6.22. The number of aryl methyl sites for hydroxylation is 3. The zero-order valence-corrected chi connectivity index (χ0v) is 11.4. The highest BCUT2D eigenvalue weighted by Crippen LogP contribution is 2.31. The van der Waals surface area contributed by atoms with E-state index in [0.717, 1.165) is 30.1 Å². The molecule has 0 aliphatic carbocycles. The molecule has 0 aliphatic rings. The number of rotatable bonds is 3. The SMILES string of the molecule is Cc1c(C)n(CCCN)c2c(C)c(Cl)ccc12. The van der Waals surface area contributed by atoms with Gasteiger partial charge in [-0.1, -0.05) is 17.7 Å². The number of fused-ring (bicyclic) bond motifs is 1. The van der Waals surface area contributed by atoms with E-state index in [1.165, 1.54) is 22.2 Å². The molecule has 3 heteroatoms. The molecule has 2 N–H and O–H groups in total. The molecule has 0 fully saturated rings. The average Bonchev–Trinajstić information content (AvgIpc) is 2.56. The summed E-state index contributed by atoms with van der Waals surface area (Å²) in [5.41, 5.74) is 10.7. The molecule has 2 rings (SSSR count). The zero-order chi connectivity index (χ0) is 12.6. The first-order chi connectivity index (χ1) is 8.07. The first-order valence-electron chi connectivity index (χ1n) is 6.02. The molecule has 0 amide bonds. The summed E-state index contributed by atoms with van der Waals surface area (Å²) in [4.78, 5) is 0. The van der Waals surface area contributed by atoms with Crippen LogP contribution in [0.2, 0.25) is 5.02 Å². The van der Waals surface area contributed by atoms with E-state index >= 15 is 0 Å². The molecular formula is C14H19ClN2. The van der Waals surface area contributed by atoms with Crippen molar-refractivity contribution in [2.24, 2.45) is 5.73 Å². The molecule has 0 radical (unpaired) electrons. The van der Waals surface area contributed by atoms with Crippen molar-refractivity contribution in [3.63, 3.8) is 0 Å². The van der Waals surface area contributed by atoms with Crippen LogP contribution >= 0.6 is 11.6 Å². The van der Waals surface area contributed by atoms with Crippen LogP contribution in [0.3, 0.4) is 0 Å². The lowest BCUT2D eigenvalue weighted by Gasteiger charge is -2.10. The Balaban J connectivity index is 2.72. The van der Waals surface area contributed by atoms with Crippen LogP contribution in [0.25, 0.3) is 10.9 Å². The molecule has 0 bridgehead atoms. The Labute approximate surface area is 107 Å². The van der Waals surface area contributed by atoms with Crippen molar-refractivity contribution in [2.75, 3.05) is 6.54 Å². The van der Waals surface area contributed by atoms with Crippen LogP contribution in [-0.2, 0) is 6.54 Å². The van der Waals surface area contributed by atoms with Crippen molar-refractivity contribution >= 4 is 22.5 Å². The maximum atomic E-state index is 6.22. The highest BCUT2D eigenvalue weighted by molar-refractivity contribution is 6.32. The minimum Gasteiger partial charge on any atom is -0.344 e. The van der Waals surface area contributed by atoms with Gasteiger partial charge in [-0.15, -0.1) is 0 Å². The lowest BCUT2D eigenvalue weighted by atomic mass is 10.1. The Morgan fingerprint density at radius 1 is 1.18 bits per heavy atom. The second kappa shape index (κ2) is 4.71. The van der Waals surface area contributed by atoms with Crippen LogP contribution < -0.4 is 5.73 Å². The van der Waals surface area contributed by atoms with Gasteiger partial charge in [0.15, 0.2) is 0 Å². The lowest BCUT2D eigenvalue weighted by molar-refractivity contribution is 0.654. The molecule has 0 unspecified atom stereocenters. The topological polar surface area (TPSA) is 30.9 Å². The Morgan fingerprint density at radius 2 is 1.88 bits per heavy atom. The fourth-order valence-corrected chi connectivity index (χ4v) is 2.57. The highest BCUT2D eigenvalue weighted by atomic mass is 35.5. The number of aromatic nitrogens is 1. The number of halogens is 1. The molecule has 92 valence electrons. The minimum absolute atomic E-state index is 0.720. The van der Waals surface area contributed by atoms with E-state index in [2.05, 4.69) is 31.4 Å². The normalized spacial score (nSPS) is 11.4. The van der Waals surface area contributed by atoms with Crippen molar-refractivity contribution in [2.45, 2.75) is 33.7 Å². The predicted octanol–water partition coefficient (Wildman–Crippen LogP) is 3.57. The fourth-order valence-electron chi connectivity index (χ4n) is 2.42. The van der Waals surface area contributed by atoms with Crippen molar-refractivity contribution in [1.29, 1.82) is 0 Å². The quantitative estimate of drug-likeness (QED) is 0.887. The summed E-state index contributed by atoms with van der Waals surface area (Å²) >= 11 is 6.22. The van der Waals surface area contributed by atoms with Crippen molar-refractivity contribution < 1.29 is 0 Å². The van der Waals surface area contributed by atoms with E-state index in [1.54, 1.807) is 0 Å². The van der Waals surface area contributed by atoms with Crippen molar-refractivity contribution in [3.05, 3.63) is 34.0 Å². The second-order valence-corrected chi connectivity index (χ2v) is 4.98. The molecule has 2 nitrogen and oxygen atoms in total. The maximum Gasteiger partial charge on any atom is 0.0529 e. The van der Waals surface area contributed by atoms with Gasteiger partial charge in [0.1, 0.15) is 0 Å². The van der Waals surface area contributed by atoms with Crippen molar-refractivity contribution in [3.8, 4) is 0 Å². The second-order valence-electron chi connectivity index (χ2n) is 4.57. The Kier molecular flexibility index (Phi) is 3.45. The van der Waals surface area contributed by atoms with Gasteiger partial charge in [-0.2, -0.15) is 0 Å². The van der Waals surface area contributed by atoms with Gasteiger partial charge >= 0.3 is 0 Å². The Hall–Kier alpha value is -0.990. The van der Waals surface area contributed by atoms with Gasteiger partial charge in [0, 0.05) is 22.6 Å². The fraction of sp³-hybridized carbons (Fsp3) is 0.429. The van der Waals surface area contributed by atoms with E-state index in [0.29, 0.717) is 0 Å². The number of nitrogens with two attached hydrogens (primary N) is 1. The monoisotopic (exact) mass is 250 g/mol. The number of benzene rings is 1. The third-order valence-corrected chi connectivity index (χ3v) is 3.98. The summed E-state index contributed by atoms with van der Waals surface area (Å²) in [6.07, 6.45) is 0.996. The van der Waals surface area contributed by atoms with Crippen LogP contribution in [-0.4, -0.2) is 11.1 Å². The van der Waals surface area contributed by atoms with Crippen LogP contribution in [0.4, 0.5) is 0 Å². The van der Waals surface area contributed by atoms with Gasteiger partial charge in [0.05, 0.1) is 5.52 Å². The van der Waals surface area contributed by atoms with Crippen LogP contribution in [0, 0.1) is 20.8 Å². The van der Waals surface area contributed by atoms with Gasteiger partial charge in [-0.3, -0.25) is 0 Å². The van der Waals surface area contributed by atoms with Crippen LogP contribution in [0.1, 0.15) is 23.2 Å². The van der Waals surface area contributed by atoms with E-state index in [9.17, 15) is 0 Å². The van der Waals surface area contributed by atoms with Crippen LogP contribution in [0.15, 0.2) is 12.1 Å². The summed E-state index contributed by atoms with van der Waals surface area (Å²) in [5, 5.41) is 2.14. The zero-order valence-electron chi connectivity index (χ0n) is 10.7. The molecule has 0 atom stereocenters. The molecule has 0 saturated carbocycles. The average molecular weight is 251 g/mol. The molecule has 0 aliphatic heterocycles. The minimum atomic E-state index is 0.720.